The normalized spacial score (nSPS) is 18.7. The van der Waals surface area contributed by atoms with Crippen LogP contribution < -0.4 is 0 Å². The Morgan fingerprint density at radius 3 is 2.79 bits per heavy atom. The lowest BCUT2D eigenvalue weighted by Crippen LogP contribution is -2.13. The van der Waals surface area contributed by atoms with E-state index in [0.29, 0.717) is 5.92 Å². The topological polar surface area (TPSA) is 30.7 Å². The van der Waals surface area contributed by atoms with Gasteiger partial charge in [0.2, 0.25) is 0 Å². The SMILES string of the molecule is Cc1cnc2c(c1)nc(C(C)Cl)n2CC(C)C1CC1. The van der Waals surface area contributed by atoms with E-state index in [2.05, 4.69) is 27.5 Å². The van der Waals surface area contributed by atoms with Gasteiger partial charge in [-0.25, -0.2) is 9.97 Å². The average molecular weight is 278 g/mol. The van der Waals surface area contributed by atoms with Gasteiger partial charge in [0.1, 0.15) is 11.3 Å². The molecule has 0 N–H and O–H groups in total. The fourth-order valence-corrected chi connectivity index (χ4v) is 2.88. The van der Waals surface area contributed by atoms with Gasteiger partial charge in [0.15, 0.2) is 5.65 Å². The first-order valence-corrected chi connectivity index (χ1v) is 7.46. The summed E-state index contributed by atoms with van der Waals surface area (Å²) >= 11 is 6.29. The highest BCUT2D eigenvalue weighted by Crippen LogP contribution is 2.38. The van der Waals surface area contributed by atoms with Crippen molar-refractivity contribution in [2.24, 2.45) is 11.8 Å². The van der Waals surface area contributed by atoms with Crippen LogP contribution in [0.2, 0.25) is 0 Å². The van der Waals surface area contributed by atoms with Crippen LogP contribution in [0, 0.1) is 18.8 Å². The van der Waals surface area contributed by atoms with Crippen LogP contribution in [-0.2, 0) is 6.54 Å². The third-order valence-corrected chi connectivity index (χ3v) is 4.20. The molecule has 2 heterocycles. The standard InChI is InChI=1S/C15H20ClN3/c1-9-6-13-15(17-7-9)19(14(18-13)11(3)16)8-10(2)12-4-5-12/h6-7,10-12H,4-5,8H2,1-3H3. The first-order chi connectivity index (χ1) is 9.06. The number of pyridine rings is 1. The zero-order valence-electron chi connectivity index (χ0n) is 11.7. The van der Waals surface area contributed by atoms with Gasteiger partial charge in [-0.2, -0.15) is 0 Å². The highest BCUT2D eigenvalue weighted by molar-refractivity contribution is 6.20. The first-order valence-electron chi connectivity index (χ1n) is 7.03. The Labute approximate surface area is 119 Å². The summed E-state index contributed by atoms with van der Waals surface area (Å²) in [6.07, 6.45) is 4.64. The fraction of sp³-hybridized carbons (Fsp3) is 0.600. The van der Waals surface area contributed by atoms with Crippen molar-refractivity contribution in [1.29, 1.82) is 0 Å². The Balaban J connectivity index is 2.05. The molecule has 0 aromatic carbocycles. The van der Waals surface area contributed by atoms with Gasteiger partial charge < -0.3 is 4.57 Å². The lowest BCUT2D eigenvalue weighted by atomic mass is 10.1. The number of nitrogens with zero attached hydrogens (tertiary/aromatic N) is 3. The summed E-state index contributed by atoms with van der Waals surface area (Å²) in [5.74, 6) is 2.50. The van der Waals surface area contributed by atoms with E-state index in [-0.39, 0.29) is 5.38 Å². The van der Waals surface area contributed by atoms with Gasteiger partial charge in [-0.15, -0.1) is 11.6 Å². The molecule has 2 unspecified atom stereocenters. The second-order valence-corrected chi connectivity index (χ2v) is 6.52. The van der Waals surface area contributed by atoms with E-state index in [0.717, 1.165) is 35.0 Å². The van der Waals surface area contributed by atoms with Crippen molar-refractivity contribution in [2.75, 3.05) is 0 Å². The molecule has 4 heteroatoms. The van der Waals surface area contributed by atoms with Crippen molar-refractivity contribution in [3.05, 3.63) is 23.7 Å². The van der Waals surface area contributed by atoms with E-state index < -0.39 is 0 Å². The van der Waals surface area contributed by atoms with Crippen molar-refractivity contribution >= 4 is 22.8 Å². The molecule has 1 fully saturated rings. The lowest BCUT2D eigenvalue weighted by molar-refractivity contribution is 0.427. The van der Waals surface area contributed by atoms with Gasteiger partial charge in [0.05, 0.1) is 5.38 Å². The van der Waals surface area contributed by atoms with Gasteiger partial charge >= 0.3 is 0 Å². The van der Waals surface area contributed by atoms with Crippen LogP contribution in [0.3, 0.4) is 0 Å². The van der Waals surface area contributed by atoms with Gasteiger partial charge in [-0.05, 0) is 50.2 Å². The molecule has 102 valence electrons. The van der Waals surface area contributed by atoms with Crippen molar-refractivity contribution in [1.82, 2.24) is 14.5 Å². The molecule has 1 aliphatic rings. The maximum atomic E-state index is 6.29. The number of imidazole rings is 1. The molecule has 3 nitrogen and oxygen atoms in total. The minimum atomic E-state index is -0.0825. The number of aryl methyl sites for hydroxylation is 1. The van der Waals surface area contributed by atoms with Crippen LogP contribution in [0.1, 0.15) is 43.5 Å². The Kier molecular flexibility index (Phi) is 3.25. The Bertz CT molecular complexity index is 599. The second kappa shape index (κ2) is 4.78. The summed E-state index contributed by atoms with van der Waals surface area (Å²) in [6, 6.07) is 2.09. The predicted molar refractivity (Wildman–Crippen MR) is 78.4 cm³/mol. The minimum Gasteiger partial charge on any atom is -0.311 e. The highest BCUT2D eigenvalue weighted by Gasteiger charge is 2.29. The number of aromatic nitrogens is 3. The smallest absolute Gasteiger partial charge is 0.160 e. The maximum Gasteiger partial charge on any atom is 0.160 e. The van der Waals surface area contributed by atoms with E-state index in [1.165, 1.54) is 12.8 Å². The number of fused-ring (bicyclic) bond motifs is 1. The Hall–Kier alpha value is -1.09. The van der Waals surface area contributed by atoms with E-state index in [9.17, 15) is 0 Å². The fourth-order valence-electron chi connectivity index (χ4n) is 2.72. The van der Waals surface area contributed by atoms with E-state index in [1.54, 1.807) is 0 Å². The molecule has 3 rings (SSSR count). The molecule has 2 atom stereocenters. The van der Waals surface area contributed by atoms with Crippen LogP contribution >= 0.6 is 11.6 Å². The lowest BCUT2D eigenvalue weighted by Gasteiger charge is -2.15. The van der Waals surface area contributed by atoms with Crippen molar-refractivity contribution in [3.8, 4) is 0 Å². The zero-order chi connectivity index (χ0) is 13.6. The molecule has 1 saturated carbocycles. The van der Waals surface area contributed by atoms with E-state index in [1.807, 2.05) is 20.0 Å². The molecule has 0 amide bonds. The maximum absolute atomic E-state index is 6.29. The Morgan fingerprint density at radius 2 is 2.16 bits per heavy atom. The van der Waals surface area contributed by atoms with Crippen LogP contribution in [0.15, 0.2) is 12.3 Å². The van der Waals surface area contributed by atoms with Crippen LogP contribution in [0.4, 0.5) is 0 Å². The first kappa shape index (κ1) is 12.9. The molecule has 2 aromatic heterocycles. The third-order valence-electron chi connectivity index (χ3n) is 4.00. The largest absolute Gasteiger partial charge is 0.311 e. The molecule has 1 aliphatic carbocycles. The summed E-state index contributed by atoms with van der Waals surface area (Å²) in [7, 11) is 0. The second-order valence-electron chi connectivity index (χ2n) is 5.87. The molecule has 0 bridgehead atoms. The minimum absolute atomic E-state index is 0.0825. The summed E-state index contributed by atoms with van der Waals surface area (Å²) in [4.78, 5) is 9.23. The highest BCUT2D eigenvalue weighted by atomic mass is 35.5. The van der Waals surface area contributed by atoms with Crippen molar-refractivity contribution < 1.29 is 0 Å². The zero-order valence-corrected chi connectivity index (χ0v) is 12.5. The number of hydrogen-bond acceptors (Lipinski definition) is 2. The molecule has 0 saturated heterocycles. The van der Waals surface area contributed by atoms with Crippen LogP contribution in [-0.4, -0.2) is 14.5 Å². The number of rotatable bonds is 4. The summed E-state index contributed by atoms with van der Waals surface area (Å²) < 4.78 is 2.22. The summed E-state index contributed by atoms with van der Waals surface area (Å²) in [6.45, 7) is 7.32. The van der Waals surface area contributed by atoms with E-state index >= 15 is 0 Å². The molecule has 0 spiro atoms. The quantitative estimate of drug-likeness (QED) is 0.788. The van der Waals surface area contributed by atoms with E-state index in [4.69, 9.17) is 11.6 Å². The summed E-state index contributed by atoms with van der Waals surface area (Å²) in [5, 5.41) is -0.0825. The number of hydrogen-bond donors (Lipinski definition) is 0. The van der Waals surface area contributed by atoms with Crippen LogP contribution in [0.5, 0.6) is 0 Å². The van der Waals surface area contributed by atoms with Gasteiger partial charge in [0.25, 0.3) is 0 Å². The van der Waals surface area contributed by atoms with Gasteiger partial charge in [-0.3, -0.25) is 0 Å². The predicted octanol–water partition coefficient (Wildman–Crippen LogP) is 4.09. The molecule has 0 aliphatic heterocycles. The molecular formula is C15H20ClN3. The van der Waals surface area contributed by atoms with Gasteiger partial charge in [-0.1, -0.05) is 6.92 Å². The number of alkyl halides is 1. The number of halogens is 1. The molecular weight excluding hydrogens is 258 g/mol. The Morgan fingerprint density at radius 1 is 1.42 bits per heavy atom. The third kappa shape index (κ3) is 2.48. The van der Waals surface area contributed by atoms with Crippen molar-refractivity contribution in [3.63, 3.8) is 0 Å². The average Bonchev–Trinajstić information content (AvgIpc) is 3.13. The van der Waals surface area contributed by atoms with Gasteiger partial charge in [0, 0.05) is 12.7 Å². The molecule has 19 heavy (non-hydrogen) atoms. The van der Waals surface area contributed by atoms with Crippen molar-refractivity contribution in [2.45, 2.75) is 45.5 Å². The monoisotopic (exact) mass is 277 g/mol. The molecule has 0 radical (unpaired) electrons. The van der Waals surface area contributed by atoms with Crippen LogP contribution in [0.25, 0.3) is 11.2 Å². The summed E-state index contributed by atoms with van der Waals surface area (Å²) in [5.41, 5.74) is 3.08. The molecule has 2 aromatic rings.